The molecule has 0 unspecified atom stereocenters. The number of piperidine rings is 1. The monoisotopic (exact) mass is 290 g/mol. The lowest BCUT2D eigenvalue weighted by molar-refractivity contribution is -0.130. The molecule has 1 aromatic carbocycles. The molecule has 0 saturated carbocycles. The third-order valence-electron chi connectivity index (χ3n) is 3.80. The highest BCUT2D eigenvalue weighted by Gasteiger charge is 2.21. The summed E-state index contributed by atoms with van der Waals surface area (Å²) >= 11 is 0. The zero-order valence-corrected chi connectivity index (χ0v) is 12.6. The first kappa shape index (κ1) is 15.4. The number of amides is 2. The van der Waals surface area contributed by atoms with Crippen molar-refractivity contribution in [2.45, 2.75) is 32.2 Å². The molecule has 0 spiro atoms. The second-order valence-electron chi connectivity index (χ2n) is 5.38. The van der Waals surface area contributed by atoms with Gasteiger partial charge in [-0.1, -0.05) is 12.1 Å². The summed E-state index contributed by atoms with van der Waals surface area (Å²) in [5.74, 6) is 0.885. The summed E-state index contributed by atoms with van der Waals surface area (Å²) < 4.78 is 5.15. The van der Waals surface area contributed by atoms with Crippen molar-refractivity contribution in [3.8, 4) is 5.75 Å². The molecular formula is C16H22N2O3. The van der Waals surface area contributed by atoms with Gasteiger partial charge in [0.2, 0.25) is 11.8 Å². The number of methoxy groups -OCH3 is 1. The van der Waals surface area contributed by atoms with Crippen molar-refractivity contribution < 1.29 is 14.3 Å². The molecule has 114 valence electrons. The van der Waals surface area contributed by atoms with Gasteiger partial charge in [-0.15, -0.1) is 0 Å². The van der Waals surface area contributed by atoms with Crippen molar-refractivity contribution in [2.24, 2.45) is 0 Å². The van der Waals surface area contributed by atoms with E-state index in [-0.39, 0.29) is 17.9 Å². The fourth-order valence-electron chi connectivity index (χ4n) is 2.59. The molecule has 5 nitrogen and oxygen atoms in total. The van der Waals surface area contributed by atoms with Gasteiger partial charge in [0.1, 0.15) is 5.75 Å². The molecule has 21 heavy (non-hydrogen) atoms. The number of carbonyl (C=O) groups excluding carboxylic acids is 2. The zero-order chi connectivity index (χ0) is 15.2. The maximum Gasteiger partial charge on any atom is 0.224 e. The predicted octanol–water partition coefficient (Wildman–Crippen LogP) is 1.36. The number of nitrogens with zero attached hydrogens (tertiary/aromatic N) is 1. The van der Waals surface area contributed by atoms with E-state index >= 15 is 0 Å². The van der Waals surface area contributed by atoms with Crippen molar-refractivity contribution in [3.05, 3.63) is 29.8 Å². The third kappa shape index (κ3) is 4.48. The average molecular weight is 290 g/mol. The molecule has 1 heterocycles. The van der Waals surface area contributed by atoms with Crippen molar-refractivity contribution in [1.82, 2.24) is 10.2 Å². The summed E-state index contributed by atoms with van der Waals surface area (Å²) in [5.41, 5.74) is 0.938. The van der Waals surface area contributed by atoms with Crippen LogP contribution in [0.5, 0.6) is 5.75 Å². The van der Waals surface area contributed by atoms with E-state index in [4.69, 9.17) is 4.74 Å². The summed E-state index contributed by atoms with van der Waals surface area (Å²) in [6, 6.07) is 7.70. The van der Waals surface area contributed by atoms with Crippen LogP contribution < -0.4 is 10.1 Å². The third-order valence-corrected chi connectivity index (χ3v) is 3.80. The van der Waals surface area contributed by atoms with E-state index in [1.807, 2.05) is 29.2 Å². The highest BCUT2D eigenvalue weighted by molar-refractivity contribution is 5.79. The van der Waals surface area contributed by atoms with Crippen molar-refractivity contribution in [1.29, 1.82) is 0 Å². The van der Waals surface area contributed by atoms with Crippen LogP contribution in [0.25, 0.3) is 0 Å². The molecule has 2 rings (SSSR count). The lowest BCUT2D eigenvalue weighted by Gasteiger charge is -2.31. The molecule has 1 fully saturated rings. The van der Waals surface area contributed by atoms with Crippen LogP contribution in [-0.2, 0) is 16.0 Å². The standard InChI is InChI=1S/C16H22N2O3/c1-12(19)18-8-6-14(7-9-18)17-16(20)11-13-4-3-5-15(10-13)21-2/h3-5,10,14H,6-9,11H2,1-2H3,(H,17,20). The minimum Gasteiger partial charge on any atom is -0.497 e. The van der Waals surface area contributed by atoms with Gasteiger partial charge in [0.15, 0.2) is 0 Å². The van der Waals surface area contributed by atoms with Crippen LogP contribution in [0.1, 0.15) is 25.3 Å². The quantitative estimate of drug-likeness (QED) is 0.911. The lowest BCUT2D eigenvalue weighted by atomic mass is 10.0. The molecule has 2 amide bonds. The van der Waals surface area contributed by atoms with Crippen LogP contribution in [0.2, 0.25) is 0 Å². The van der Waals surface area contributed by atoms with E-state index in [0.29, 0.717) is 6.42 Å². The molecule has 0 aliphatic carbocycles. The van der Waals surface area contributed by atoms with E-state index in [2.05, 4.69) is 5.32 Å². The fraction of sp³-hybridized carbons (Fsp3) is 0.500. The smallest absolute Gasteiger partial charge is 0.224 e. The van der Waals surface area contributed by atoms with E-state index < -0.39 is 0 Å². The Morgan fingerprint density at radius 3 is 2.67 bits per heavy atom. The van der Waals surface area contributed by atoms with Gasteiger partial charge in [-0.25, -0.2) is 0 Å². The summed E-state index contributed by atoms with van der Waals surface area (Å²) in [4.78, 5) is 25.1. The fourth-order valence-corrected chi connectivity index (χ4v) is 2.59. The number of benzene rings is 1. The maximum absolute atomic E-state index is 12.1. The Bertz CT molecular complexity index is 508. The first-order valence-corrected chi connectivity index (χ1v) is 7.26. The van der Waals surface area contributed by atoms with Crippen LogP contribution in [0.15, 0.2) is 24.3 Å². The van der Waals surface area contributed by atoms with Gasteiger partial charge in [0.05, 0.1) is 13.5 Å². The van der Waals surface area contributed by atoms with Gasteiger partial charge >= 0.3 is 0 Å². The largest absolute Gasteiger partial charge is 0.497 e. The molecule has 1 N–H and O–H groups in total. The van der Waals surface area contributed by atoms with E-state index in [0.717, 1.165) is 37.2 Å². The van der Waals surface area contributed by atoms with E-state index in [1.54, 1.807) is 14.0 Å². The van der Waals surface area contributed by atoms with Crippen molar-refractivity contribution >= 4 is 11.8 Å². The van der Waals surface area contributed by atoms with E-state index in [9.17, 15) is 9.59 Å². The molecule has 1 saturated heterocycles. The molecular weight excluding hydrogens is 268 g/mol. The minimum absolute atomic E-state index is 0.0181. The van der Waals surface area contributed by atoms with Crippen LogP contribution in [0, 0.1) is 0 Å². The Hall–Kier alpha value is -2.04. The first-order chi connectivity index (χ1) is 10.1. The average Bonchev–Trinajstić information content (AvgIpc) is 2.47. The van der Waals surface area contributed by atoms with Crippen LogP contribution in [0.3, 0.4) is 0 Å². The summed E-state index contributed by atoms with van der Waals surface area (Å²) in [7, 11) is 1.61. The number of rotatable bonds is 4. The number of ether oxygens (including phenoxy) is 1. The highest BCUT2D eigenvalue weighted by atomic mass is 16.5. The van der Waals surface area contributed by atoms with Gasteiger partial charge in [0, 0.05) is 26.1 Å². The number of nitrogens with one attached hydrogen (secondary N) is 1. The normalized spacial score (nSPS) is 15.6. The summed E-state index contributed by atoms with van der Waals surface area (Å²) in [6.07, 6.45) is 2.00. The van der Waals surface area contributed by atoms with Crippen LogP contribution in [-0.4, -0.2) is 43.0 Å². The Morgan fingerprint density at radius 2 is 2.05 bits per heavy atom. The second kappa shape index (κ2) is 7.11. The lowest BCUT2D eigenvalue weighted by Crippen LogP contribution is -2.46. The second-order valence-corrected chi connectivity index (χ2v) is 5.38. The van der Waals surface area contributed by atoms with Gasteiger partial charge in [-0.05, 0) is 30.5 Å². The number of hydrogen-bond donors (Lipinski definition) is 1. The van der Waals surface area contributed by atoms with Crippen LogP contribution in [0.4, 0.5) is 0 Å². The van der Waals surface area contributed by atoms with Crippen molar-refractivity contribution in [2.75, 3.05) is 20.2 Å². The SMILES string of the molecule is COc1cccc(CC(=O)NC2CCN(C(C)=O)CC2)c1. The molecule has 0 atom stereocenters. The van der Waals surface area contributed by atoms with Crippen molar-refractivity contribution in [3.63, 3.8) is 0 Å². The molecule has 0 radical (unpaired) electrons. The van der Waals surface area contributed by atoms with E-state index in [1.165, 1.54) is 0 Å². The minimum atomic E-state index is 0.0181. The number of carbonyl (C=O) groups is 2. The topological polar surface area (TPSA) is 58.6 Å². The molecule has 0 bridgehead atoms. The Morgan fingerprint density at radius 1 is 1.33 bits per heavy atom. The Labute approximate surface area is 125 Å². The first-order valence-electron chi connectivity index (χ1n) is 7.26. The number of likely N-dealkylation sites (tertiary alicyclic amines) is 1. The summed E-state index contributed by atoms with van der Waals surface area (Å²) in [5, 5.41) is 3.05. The Kier molecular flexibility index (Phi) is 5.20. The van der Waals surface area contributed by atoms with Gasteiger partial charge in [-0.2, -0.15) is 0 Å². The predicted molar refractivity (Wildman–Crippen MR) is 80.1 cm³/mol. The van der Waals surface area contributed by atoms with Gasteiger partial charge in [0.25, 0.3) is 0 Å². The zero-order valence-electron chi connectivity index (χ0n) is 12.6. The Balaban J connectivity index is 1.81. The maximum atomic E-state index is 12.1. The summed E-state index contributed by atoms with van der Waals surface area (Å²) in [6.45, 7) is 3.03. The molecule has 0 aromatic heterocycles. The molecule has 1 aromatic rings. The molecule has 1 aliphatic rings. The van der Waals surface area contributed by atoms with Crippen LogP contribution >= 0.6 is 0 Å². The molecule has 1 aliphatic heterocycles. The highest BCUT2D eigenvalue weighted by Crippen LogP contribution is 2.14. The number of hydrogen-bond acceptors (Lipinski definition) is 3. The van der Waals surface area contributed by atoms with Gasteiger partial charge < -0.3 is 15.0 Å². The molecule has 5 heteroatoms. The van der Waals surface area contributed by atoms with Gasteiger partial charge in [-0.3, -0.25) is 9.59 Å².